The van der Waals surface area contributed by atoms with Gasteiger partial charge in [-0.05, 0) is 28.8 Å². The standard InChI is InChI=1S/C12H14N4O2S/c1-8-6-19-7-9(8)5-14-12-4-10(16(17)18)3-11(13-2)15-12/h3-4,6-7H,5H2,1-2H3,(H2,13,14,15). The first kappa shape index (κ1) is 13.3. The lowest BCUT2D eigenvalue weighted by Gasteiger charge is -2.07. The van der Waals surface area contributed by atoms with Crippen molar-refractivity contribution in [2.75, 3.05) is 17.7 Å². The van der Waals surface area contributed by atoms with Crippen LogP contribution in [0.1, 0.15) is 11.1 Å². The van der Waals surface area contributed by atoms with Crippen LogP contribution < -0.4 is 10.6 Å². The van der Waals surface area contributed by atoms with Crippen LogP contribution in [0.4, 0.5) is 17.3 Å². The SMILES string of the molecule is CNc1cc([N+](=O)[O-])cc(NCc2cscc2C)n1. The van der Waals surface area contributed by atoms with E-state index in [0.29, 0.717) is 18.2 Å². The van der Waals surface area contributed by atoms with Crippen molar-refractivity contribution in [3.8, 4) is 0 Å². The van der Waals surface area contributed by atoms with Gasteiger partial charge in [-0.3, -0.25) is 10.1 Å². The highest BCUT2D eigenvalue weighted by Crippen LogP contribution is 2.21. The zero-order chi connectivity index (χ0) is 13.8. The zero-order valence-electron chi connectivity index (χ0n) is 10.6. The molecule has 2 rings (SSSR count). The summed E-state index contributed by atoms with van der Waals surface area (Å²) in [4.78, 5) is 14.6. The Balaban J connectivity index is 2.17. The molecule has 0 aliphatic carbocycles. The van der Waals surface area contributed by atoms with Crippen molar-refractivity contribution in [3.05, 3.63) is 44.1 Å². The van der Waals surface area contributed by atoms with Crippen LogP contribution in [0.3, 0.4) is 0 Å². The van der Waals surface area contributed by atoms with Crippen LogP contribution in [-0.2, 0) is 6.54 Å². The monoisotopic (exact) mass is 278 g/mol. The molecule has 0 saturated carbocycles. The number of hydrogen-bond acceptors (Lipinski definition) is 6. The number of hydrogen-bond donors (Lipinski definition) is 2. The molecule has 7 heteroatoms. The van der Waals surface area contributed by atoms with Gasteiger partial charge in [-0.2, -0.15) is 11.3 Å². The molecular weight excluding hydrogens is 264 g/mol. The fourth-order valence-electron chi connectivity index (χ4n) is 1.59. The lowest BCUT2D eigenvalue weighted by molar-refractivity contribution is -0.384. The summed E-state index contributed by atoms with van der Waals surface area (Å²) in [5.41, 5.74) is 2.39. The van der Waals surface area contributed by atoms with E-state index in [1.807, 2.05) is 6.92 Å². The lowest BCUT2D eigenvalue weighted by Crippen LogP contribution is -2.04. The van der Waals surface area contributed by atoms with Gasteiger partial charge in [0.2, 0.25) is 0 Å². The van der Waals surface area contributed by atoms with Crippen molar-refractivity contribution in [1.29, 1.82) is 0 Å². The summed E-state index contributed by atoms with van der Waals surface area (Å²) < 4.78 is 0. The largest absolute Gasteiger partial charge is 0.373 e. The van der Waals surface area contributed by atoms with E-state index < -0.39 is 4.92 Å². The molecule has 0 fully saturated rings. The Kier molecular flexibility index (Phi) is 3.96. The van der Waals surface area contributed by atoms with Crippen molar-refractivity contribution in [1.82, 2.24) is 4.98 Å². The smallest absolute Gasteiger partial charge is 0.276 e. The summed E-state index contributed by atoms with van der Waals surface area (Å²) in [5.74, 6) is 0.961. The molecular formula is C12H14N4O2S. The number of nitrogens with one attached hydrogen (secondary N) is 2. The molecule has 0 saturated heterocycles. The van der Waals surface area contributed by atoms with Crippen LogP contribution in [0.25, 0.3) is 0 Å². The number of nitro groups is 1. The highest BCUT2D eigenvalue weighted by Gasteiger charge is 2.10. The molecule has 0 amide bonds. The highest BCUT2D eigenvalue weighted by molar-refractivity contribution is 7.08. The van der Waals surface area contributed by atoms with Gasteiger partial charge < -0.3 is 10.6 Å². The minimum absolute atomic E-state index is 0.0175. The molecule has 0 atom stereocenters. The Hall–Kier alpha value is -2.15. The number of rotatable bonds is 5. The van der Waals surface area contributed by atoms with Crippen LogP contribution >= 0.6 is 11.3 Å². The summed E-state index contributed by atoms with van der Waals surface area (Å²) in [5, 5.41) is 20.9. The van der Waals surface area contributed by atoms with Gasteiger partial charge >= 0.3 is 0 Å². The van der Waals surface area contributed by atoms with Crippen molar-refractivity contribution >= 4 is 28.7 Å². The quantitative estimate of drug-likeness (QED) is 0.649. The second-order valence-corrected chi connectivity index (χ2v) is 4.78. The van der Waals surface area contributed by atoms with Crippen molar-refractivity contribution in [3.63, 3.8) is 0 Å². The van der Waals surface area contributed by atoms with Gasteiger partial charge in [0.05, 0.1) is 17.1 Å². The number of nitrogens with zero attached hydrogens (tertiary/aromatic N) is 2. The molecule has 0 aliphatic rings. The van der Waals surface area contributed by atoms with E-state index >= 15 is 0 Å². The van der Waals surface area contributed by atoms with Crippen LogP contribution in [0.2, 0.25) is 0 Å². The summed E-state index contributed by atoms with van der Waals surface area (Å²) >= 11 is 1.64. The second-order valence-electron chi connectivity index (χ2n) is 4.04. The molecule has 100 valence electrons. The van der Waals surface area contributed by atoms with Gasteiger partial charge in [-0.25, -0.2) is 4.98 Å². The summed E-state index contributed by atoms with van der Waals surface area (Å²) in [6.07, 6.45) is 0. The molecule has 2 N–H and O–H groups in total. The van der Waals surface area contributed by atoms with Crippen molar-refractivity contribution in [2.45, 2.75) is 13.5 Å². The Morgan fingerprint density at radius 3 is 2.68 bits per heavy atom. The van der Waals surface area contributed by atoms with E-state index in [0.717, 1.165) is 0 Å². The zero-order valence-corrected chi connectivity index (χ0v) is 11.5. The third kappa shape index (κ3) is 3.19. The molecule has 0 aliphatic heterocycles. The number of anilines is 2. The number of aromatic nitrogens is 1. The molecule has 0 radical (unpaired) electrons. The van der Waals surface area contributed by atoms with E-state index in [-0.39, 0.29) is 5.69 Å². The van der Waals surface area contributed by atoms with Crippen LogP contribution in [0, 0.1) is 17.0 Å². The Morgan fingerprint density at radius 1 is 1.37 bits per heavy atom. The average Bonchev–Trinajstić information content (AvgIpc) is 2.81. The Morgan fingerprint density at radius 2 is 2.11 bits per heavy atom. The molecule has 2 heterocycles. The molecule has 6 nitrogen and oxygen atoms in total. The van der Waals surface area contributed by atoms with E-state index in [2.05, 4.69) is 26.4 Å². The summed E-state index contributed by atoms with van der Waals surface area (Å²) in [6.45, 7) is 2.64. The highest BCUT2D eigenvalue weighted by atomic mass is 32.1. The van der Waals surface area contributed by atoms with Gasteiger partial charge in [0.1, 0.15) is 11.6 Å². The maximum atomic E-state index is 10.8. The first-order chi connectivity index (χ1) is 9.10. The van der Waals surface area contributed by atoms with Crippen molar-refractivity contribution in [2.24, 2.45) is 0 Å². The summed E-state index contributed by atoms with van der Waals surface area (Å²) in [7, 11) is 1.68. The number of thiophene rings is 1. The molecule has 0 bridgehead atoms. The van der Waals surface area contributed by atoms with Gasteiger partial charge in [0.15, 0.2) is 0 Å². The fourth-order valence-corrected chi connectivity index (χ4v) is 2.45. The maximum absolute atomic E-state index is 10.8. The van der Waals surface area contributed by atoms with Crippen LogP contribution in [0.15, 0.2) is 22.9 Å². The van der Waals surface area contributed by atoms with Crippen LogP contribution in [-0.4, -0.2) is 17.0 Å². The second kappa shape index (κ2) is 5.66. The van der Waals surface area contributed by atoms with Gasteiger partial charge in [-0.1, -0.05) is 0 Å². The first-order valence-electron chi connectivity index (χ1n) is 5.70. The van der Waals surface area contributed by atoms with Crippen molar-refractivity contribution < 1.29 is 4.92 Å². The van der Waals surface area contributed by atoms with Gasteiger partial charge in [0, 0.05) is 13.6 Å². The van der Waals surface area contributed by atoms with Gasteiger partial charge in [0.25, 0.3) is 5.69 Å². The third-order valence-corrected chi connectivity index (χ3v) is 3.61. The first-order valence-corrected chi connectivity index (χ1v) is 6.64. The Labute approximate surface area is 114 Å². The molecule has 0 aromatic carbocycles. The van der Waals surface area contributed by atoms with E-state index in [1.54, 1.807) is 18.4 Å². The fraction of sp³-hybridized carbons (Fsp3) is 0.250. The molecule has 0 unspecified atom stereocenters. The maximum Gasteiger partial charge on any atom is 0.276 e. The topological polar surface area (TPSA) is 80.1 Å². The predicted molar refractivity (Wildman–Crippen MR) is 76.8 cm³/mol. The molecule has 19 heavy (non-hydrogen) atoms. The average molecular weight is 278 g/mol. The number of aryl methyl sites for hydroxylation is 1. The summed E-state index contributed by atoms with van der Waals surface area (Å²) in [6, 6.07) is 2.84. The molecule has 0 spiro atoms. The normalized spacial score (nSPS) is 10.2. The minimum atomic E-state index is -0.427. The molecule has 2 aromatic rings. The van der Waals surface area contributed by atoms with Crippen LogP contribution in [0.5, 0.6) is 0 Å². The van der Waals surface area contributed by atoms with E-state index in [4.69, 9.17) is 0 Å². The van der Waals surface area contributed by atoms with E-state index in [1.165, 1.54) is 23.3 Å². The van der Waals surface area contributed by atoms with E-state index in [9.17, 15) is 10.1 Å². The number of pyridine rings is 1. The third-order valence-electron chi connectivity index (χ3n) is 2.70. The lowest BCUT2D eigenvalue weighted by atomic mass is 10.2. The predicted octanol–water partition coefficient (Wildman–Crippen LogP) is 3.01. The van der Waals surface area contributed by atoms with Gasteiger partial charge in [-0.15, -0.1) is 0 Å². The molecule has 2 aromatic heterocycles. The minimum Gasteiger partial charge on any atom is -0.373 e. The Bertz CT molecular complexity index is 597.